The molecule has 2 aromatic heterocycles. The van der Waals surface area contributed by atoms with Crippen LogP contribution in [0.4, 0.5) is 10.5 Å². The molecule has 8 heteroatoms. The Bertz CT molecular complexity index is 1010. The Kier molecular flexibility index (Phi) is 5.35. The van der Waals surface area contributed by atoms with E-state index in [1.807, 2.05) is 19.2 Å². The molecule has 0 spiro atoms. The number of hydrogen-bond donors (Lipinski definition) is 1. The van der Waals surface area contributed by atoms with E-state index in [2.05, 4.69) is 10.2 Å². The van der Waals surface area contributed by atoms with E-state index in [0.29, 0.717) is 24.3 Å². The average Bonchev–Trinajstić information content (AvgIpc) is 3.13. The zero-order valence-corrected chi connectivity index (χ0v) is 15.2. The molecule has 140 valence electrons. The highest BCUT2D eigenvalue weighted by Gasteiger charge is 2.13. The molecule has 8 nitrogen and oxygen atoms in total. The number of amides is 1. The van der Waals surface area contributed by atoms with Gasteiger partial charge in [0.25, 0.3) is 0 Å². The summed E-state index contributed by atoms with van der Waals surface area (Å²) in [6.45, 7) is 4.85. The number of carbonyl (C=O) groups is 1. The van der Waals surface area contributed by atoms with E-state index in [4.69, 9.17) is 0 Å². The first kappa shape index (κ1) is 18.4. The highest BCUT2D eigenvalue weighted by Crippen LogP contribution is 2.18. The van der Waals surface area contributed by atoms with Crippen LogP contribution in [0.5, 0.6) is 0 Å². The van der Waals surface area contributed by atoms with E-state index in [1.54, 1.807) is 46.9 Å². The number of benzene rings is 1. The second-order valence-corrected chi connectivity index (χ2v) is 6.00. The summed E-state index contributed by atoms with van der Waals surface area (Å²) in [5, 5.41) is 17.9. The molecular weight excluding hydrogens is 346 g/mol. The van der Waals surface area contributed by atoms with Crippen LogP contribution in [0.2, 0.25) is 0 Å². The molecule has 0 aliphatic carbocycles. The van der Waals surface area contributed by atoms with E-state index >= 15 is 0 Å². The standard InChI is InChI=1S/C19H21N5O3/c1-3-22-13-16(12-20-22)24-9-8-18(25)17(21-24)11-14-6-5-7-15(10-14)23(4-2)19(26)27/h5-10,12-13H,3-4,11H2,1-2H3,(H,26,27). The van der Waals surface area contributed by atoms with Gasteiger partial charge in [0.05, 0.1) is 12.4 Å². The third-order valence-electron chi connectivity index (χ3n) is 4.23. The molecule has 3 aromatic rings. The second kappa shape index (κ2) is 7.86. The molecule has 0 fully saturated rings. The van der Waals surface area contributed by atoms with Crippen molar-refractivity contribution in [3.8, 4) is 5.69 Å². The third-order valence-corrected chi connectivity index (χ3v) is 4.23. The molecule has 3 rings (SSSR count). The monoisotopic (exact) mass is 367 g/mol. The van der Waals surface area contributed by atoms with Gasteiger partial charge in [-0.3, -0.25) is 14.4 Å². The number of rotatable bonds is 6. The molecule has 0 radical (unpaired) electrons. The van der Waals surface area contributed by atoms with Gasteiger partial charge in [-0.2, -0.15) is 10.2 Å². The Morgan fingerprint density at radius 3 is 2.74 bits per heavy atom. The van der Waals surface area contributed by atoms with E-state index in [9.17, 15) is 14.7 Å². The first-order valence-electron chi connectivity index (χ1n) is 8.73. The van der Waals surface area contributed by atoms with Gasteiger partial charge in [-0.05, 0) is 31.5 Å². The summed E-state index contributed by atoms with van der Waals surface area (Å²) in [6.07, 6.45) is 4.46. The van der Waals surface area contributed by atoms with Gasteiger partial charge in [0.2, 0.25) is 5.43 Å². The number of anilines is 1. The molecule has 1 N–H and O–H groups in total. The van der Waals surface area contributed by atoms with Crippen LogP contribution in [0.15, 0.2) is 53.7 Å². The summed E-state index contributed by atoms with van der Waals surface area (Å²) < 4.78 is 3.40. The lowest BCUT2D eigenvalue weighted by Crippen LogP contribution is -2.28. The Hall–Kier alpha value is -3.42. The molecule has 0 saturated heterocycles. The second-order valence-electron chi connectivity index (χ2n) is 6.00. The summed E-state index contributed by atoms with van der Waals surface area (Å²) in [4.78, 5) is 24.8. The number of aromatic nitrogens is 4. The van der Waals surface area contributed by atoms with Crippen molar-refractivity contribution in [1.29, 1.82) is 0 Å². The first-order valence-corrected chi connectivity index (χ1v) is 8.73. The van der Waals surface area contributed by atoms with Crippen molar-refractivity contribution in [1.82, 2.24) is 19.6 Å². The SMILES string of the molecule is CCN(C(=O)O)c1cccc(Cc2nn(-c3cnn(CC)c3)ccc2=O)c1. The number of nitrogens with zero attached hydrogens (tertiary/aromatic N) is 5. The van der Waals surface area contributed by atoms with E-state index in [0.717, 1.165) is 17.8 Å². The smallest absolute Gasteiger partial charge is 0.411 e. The van der Waals surface area contributed by atoms with Crippen LogP contribution in [0.1, 0.15) is 25.1 Å². The normalized spacial score (nSPS) is 10.7. The maximum atomic E-state index is 12.3. The zero-order valence-electron chi connectivity index (χ0n) is 15.2. The van der Waals surface area contributed by atoms with Crippen LogP contribution in [0.25, 0.3) is 5.69 Å². The van der Waals surface area contributed by atoms with Crippen molar-refractivity contribution in [2.75, 3.05) is 11.4 Å². The van der Waals surface area contributed by atoms with Crippen molar-refractivity contribution in [3.63, 3.8) is 0 Å². The minimum Gasteiger partial charge on any atom is -0.465 e. The Balaban J connectivity index is 1.90. The van der Waals surface area contributed by atoms with Gasteiger partial charge >= 0.3 is 6.09 Å². The predicted octanol–water partition coefficient (Wildman–Crippen LogP) is 2.54. The Morgan fingerprint density at radius 1 is 1.26 bits per heavy atom. The number of carboxylic acid groups (broad SMARTS) is 1. The molecule has 0 aliphatic heterocycles. The van der Waals surface area contributed by atoms with Crippen molar-refractivity contribution in [3.05, 3.63) is 70.4 Å². The van der Waals surface area contributed by atoms with Crippen LogP contribution in [-0.2, 0) is 13.0 Å². The fraction of sp³-hybridized carbons (Fsp3) is 0.263. The Labute approximate surface area is 156 Å². The quantitative estimate of drug-likeness (QED) is 0.723. The Morgan fingerprint density at radius 2 is 2.07 bits per heavy atom. The van der Waals surface area contributed by atoms with Crippen molar-refractivity contribution in [2.24, 2.45) is 0 Å². The molecule has 0 atom stereocenters. The van der Waals surface area contributed by atoms with Crippen molar-refractivity contribution < 1.29 is 9.90 Å². The van der Waals surface area contributed by atoms with Gasteiger partial charge in [0, 0.05) is 37.5 Å². The number of hydrogen-bond acceptors (Lipinski definition) is 4. The van der Waals surface area contributed by atoms with Gasteiger partial charge in [0.15, 0.2) is 0 Å². The molecule has 0 bridgehead atoms. The lowest BCUT2D eigenvalue weighted by Gasteiger charge is -2.17. The van der Waals surface area contributed by atoms with Gasteiger partial charge in [0.1, 0.15) is 11.4 Å². The summed E-state index contributed by atoms with van der Waals surface area (Å²) in [5.41, 5.74) is 2.39. The molecule has 0 unspecified atom stereocenters. The maximum absolute atomic E-state index is 12.3. The predicted molar refractivity (Wildman–Crippen MR) is 102 cm³/mol. The van der Waals surface area contributed by atoms with Crippen LogP contribution >= 0.6 is 0 Å². The van der Waals surface area contributed by atoms with Gasteiger partial charge in [-0.15, -0.1) is 0 Å². The molecule has 27 heavy (non-hydrogen) atoms. The fourth-order valence-electron chi connectivity index (χ4n) is 2.81. The van der Waals surface area contributed by atoms with E-state index < -0.39 is 6.09 Å². The van der Waals surface area contributed by atoms with Crippen LogP contribution < -0.4 is 10.3 Å². The largest absolute Gasteiger partial charge is 0.465 e. The third kappa shape index (κ3) is 4.05. The van der Waals surface area contributed by atoms with Crippen molar-refractivity contribution in [2.45, 2.75) is 26.8 Å². The topological polar surface area (TPSA) is 93.2 Å². The minimum absolute atomic E-state index is 0.162. The molecule has 2 heterocycles. The van der Waals surface area contributed by atoms with Crippen molar-refractivity contribution >= 4 is 11.8 Å². The molecule has 1 amide bonds. The lowest BCUT2D eigenvalue weighted by molar-refractivity contribution is 0.202. The maximum Gasteiger partial charge on any atom is 0.411 e. The molecular formula is C19H21N5O3. The summed E-state index contributed by atoms with van der Waals surface area (Å²) in [6, 6.07) is 8.61. The van der Waals surface area contributed by atoms with Crippen LogP contribution in [0, 0.1) is 0 Å². The van der Waals surface area contributed by atoms with Gasteiger partial charge < -0.3 is 5.11 Å². The van der Waals surface area contributed by atoms with Crippen LogP contribution in [0.3, 0.4) is 0 Å². The highest BCUT2D eigenvalue weighted by molar-refractivity contribution is 5.85. The van der Waals surface area contributed by atoms with Crippen LogP contribution in [-0.4, -0.2) is 37.3 Å². The minimum atomic E-state index is -1.01. The zero-order chi connectivity index (χ0) is 19.4. The average molecular weight is 367 g/mol. The lowest BCUT2D eigenvalue weighted by atomic mass is 10.1. The summed E-state index contributed by atoms with van der Waals surface area (Å²) in [5.74, 6) is 0. The summed E-state index contributed by atoms with van der Waals surface area (Å²) >= 11 is 0. The summed E-state index contributed by atoms with van der Waals surface area (Å²) in [7, 11) is 0. The van der Waals surface area contributed by atoms with E-state index in [1.165, 1.54) is 11.0 Å². The fourth-order valence-corrected chi connectivity index (χ4v) is 2.81. The van der Waals surface area contributed by atoms with Gasteiger partial charge in [-0.1, -0.05) is 12.1 Å². The number of aryl methyl sites for hydroxylation is 1. The van der Waals surface area contributed by atoms with E-state index in [-0.39, 0.29) is 5.43 Å². The first-order chi connectivity index (χ1) is 13.0. The highest BCUT2D eigenvalue weighted by atomic mass is 16.4. The molecule has 0 saturated carbocycles. The molecule has 1 aromatic carbocycles. The molecule has 0 aliphatic rings. The van der Waals surface area contributed by atoms with Gasteiger partial charge in [-0.25, -0.2) is 9.48 Å².